The minimum absolute atomic E-state index is 0.148. The first-order chi connectivity index (χ1) is 9.97. The van der Waals surface area contributed by atoms with E-state index in [4.69, 9.17) is 33.7 Å². The zero-order valence-corrected chi connectivity index (χ0v) is 13.0. The van der Waals surface area contributed by atoms with E-state index in [2.05, 4.69) is 0 Å². The first-order valence-corrected chi connectivity index (χ1v) is 7.22. The molecule has 2 aromatic carbocycles. The third-order valence-electron chi connectivity index (χ3n) is 2.97. The molecule has 2 N–H and O–H groups in total. The van der Waals surface area contributed by atoms with Crippen LogP contribution >= 0.6 is 23.2 Å². The Kier molecular flexibility index (Phi) is 5.10. The molecular formula is C16H15Cl2NO2. The van der Waals surface area contributed by atoms with Gasteiger partial charge in [0.15, 0.2) is 5.75 Å². The Morgan fingerprint density at radius 2 is 1.81 bits per heavy atom. The molecule has 110 valence electrons. The van der Waals surface area contributed by atoms with Crippen LogP contribution in [-0.2, 0) is 6.42 Å². The fraction of sp³-hybridized carbons (Fsp3) is 0.188. The molecule has 0 saturated heterocycles. The lowest BCUT2D eigenvalue weighted by Gasteiger charge is -2.17. The Hall–Kier alpha value is -1.71. The molecule has 2 aromatic rings. The number of benzene rings is 2. The van der Waals surface area contributed by atoms with E-state index in [-0.39, 0.29) is 6.10 Å². The molecule has 0 spiro atoms. The van der Waals surface area contributed by atoms with E-state index in [0.29, 0.717) is 27.8 Å². The lowest BCUT2D eigenvalue weighted by molar-refractivity contribution is 0.1000. The summed E-state index contributed by atoms with van der Waals surface area (Å²) in [6.07, 6.45) is 0.466. The van der Waals surface area contributed by atoms with Gasteiger partial charge in [-0.05, 0) is 36.8 Å². The summed E-state index contributed by atoms with van der Waals surface area (Å²) in [6.45, 7) is 1.91. The van der Waals surface area contributed by atoms with Crippen LogP contribution in [0.25, 0.3) is 0 Å². The van der Waals surface area contributed by atoms with E-state index in [0.717, 1.165) is 5.56 Å². The molecule has 0 aliphatic rings. The highest BCUT2D eigenvalue weighted by Crippen LogP contribution is 2.33. The zero-order valence-electron chi connectivity index (χ0n) is 11.5. The van der Waals surface area contributed by atoms with Gasteiger partial charge in [0.25, 0.3) is 0 Å². The van der Waals surface area contributed by atoms with E-state index in [1.54, 1.807) is 36.4 Å². The van der Waals surface area contributed by atoms with E-state index in [1.165, 1.54) is 0 Å². The van der Waals surface area contributed by atoms with Gasteiger partial charge in [-0.25, -0.2) is 0 Å². The Balaban J connectivity index is 2.10. The number of ether oxygens (including phenoxy) is 1. The van der Waals surface area contributed by atoms with E-state index in [9.17, 15) is 4.79 Å². The molecule has 0 aromatic heterocycles. The minimum atomic E-state index is -0.445. The summed E-state index contributed by atoms with van der Waals surface area (Å²) in [5.74, 6) is 0.0268. The normalized spacial score (nSPS) is 12.0. The van der Waals surface area contributed by atoms with Crippen molar-refractivity contribution in [2.75, 3.05) is 0 Å². The quantitative estimate of drug-likeness (QED) is 0.900. The van der Waals surface area contributed by atoms with Gasteiger partial charge in [0.05, 0.1) is 10.0 Å². The van der Waals surface area contributed by atoms with Gasteiger partial charge >= 0.3 is 0 Å². The number of halogens is 2. The second kappa shape index (κ2) is 6.83. The molecule has 0 aliphatic carbocycles. The van der Waals surface area contributed by atoms with Crippen LogP contribution < -0.4 is 10.5 Å². The molecule has 3 nitrogen and oxygen atoms in total. The molecule has 2 rings (SSSR count). The van der Waals surface area contributed by atoms with Crippen LogP contribution in [0.15, 0.2) is 42.5 Å². The van der Waals surface area contributed by atoms with Crippen molar-refractivity contribution < 1.29 is 9.53 Å². The van der Waals surface area contributed by atoms with Crippen molar-refractivity contribution in [3.8, 4) is 5.75 Å². The third kappa shape index (κ3) is 4.13. The molecule has 0 bridgehead atoms. The van der Waals surface area contributed by atoms with Crippen LogP contribution in [-0.4, -0.2) is 12.0 Å². The number of hydrogen-bond acceptors (Lipinski definition) is 2. The maximum atomic E-state index is 11.2. The smallest absolute Gasteiger partial charge is 0.248 e. The maximum absolute atomic E-state index is 11.2. The first kappa shape index (κ1) is 15.7. The van der Waals surface area contributed by atoms with Gasteiger partial charge in [-0.15, -0.1) is 0 Å². The summed E-state index contributed by atoms with van der Waals surface area (Å²) in [5.41, 5.74) is 6.71. The molecule has 0 radical (unpaired) electrons. The average Bonchev–Trinajstić information content (AvgIpc) is 2.43. The summed E-state index contributed by atoms with van der Waals surface area (Å²) in [7, 11) is 0. The molecule has 1 unspecified atom stereocenters. The summed E-state index contributed by atoms with van der Waals surface area (Å²) >= 11 is 12.1. The van der Waals surface area contributed by atoms with Crippen molar-refractivity contribution >= 4 is 29.1 Å². The van der Waals surface area contributed by atoms with Gasteiger partial charge in [0.2, 0.25) is 5.91 Å². The lowest BCUT2D eigenvalue weighted by atomic mass is 10.1. The van der Waals surface area contributed by atoms with Crippen LogP contribution in [0.4, 0.5) is 0 Å². The van der Waals surface area contributed by atoms with Crippen molar-refractivity contribution in [1.29, 1.82) is 0 Å². The maximum Gasteiger partial charge on any atom is 0.248 e. The van der Waals surface area contributed by atoms with E-state index < -0.39 is 5.91 Å². The lowest BCUT2D eigenvalue weighted by Crippen LogP contribution is -2.16. The molecule has 1 amide bonds. The Morgan fingerprint density at radius 1 is 1.19 bits per heavy atom. The SMILES string of the molecule is CC(Cc1cccc(C(N)=O)c1)Oc1c(Cl)cccc1Cl. The fourth-order valence-corrected chi connectivity index (χ4v) is 2.51. The van der Waals surface area contributed by atoms with Crippen molar-refractivity contribution in [2.45, 2.75) is 19.4 Å². The summed E-state index contributed by atoms with van der Waals surface area (Å²) in [6, 6.07) is 12.4. The molecule has 1 atom stereocenters. The highest BCUT2D eigenvalue weighted by atomic mass is 35.5. The molecule has 0 fully saturated rings. The topological polar surface area (TPSA) is 52.3 Å². The molecule has 5 heteroatoms. The highest BCUT2D eigenvalue weighted by molar-refractivity contribution is 6.37. The standard InChI is InChI=1S/C16H15Cl2NO2/c1-10(21-15-13(17)6-3-7-14(15)18)8-11-4-2-5-12(9-11)16(19)20/h2-7,9-10H,8H2,1H3,(H2,19,20). The van der Waals surface area contributed by atoms with Crippen molar-refractivity contribution in [1.82, 2.24) is 0 Å². The largest absolute Gasteiger partial charge is 0.487 e. The number of primary amides is 1. The van der Waals surface area contributed by atoms with E-state index in [1.807, 2.05) is 13.0 Å². The number of nitrogens with two attached hydrogens (primary N) is 1. The van der Waals surface area contributed by atoms with Crippen LogP contribution in [0.5, 0.6) is 5.75 Å². The number of amides is 1. The molecule has 0 heterocycles. The van der Waals surface area contributed by atoms with Crippen molar-refractivity contribution in [2.24, 2.45) is 5.73 Å². The number of carbonyl (C=O) groups is 1. The molecule has 21 heavy (non-hydrogen) atoms. The Bertz CT molecular complexity index is 638. The predicted molar refractivity (Wildman–Crippen MR) is 85.2 cm³/mol. The Morgan fingerprint density at radius 3 is 2.43 bits per heavy atom. The van der Waals surface area contributed by atoms with Crippen LogP contribution in [0.3, 0.4) is 0 Å². The molecule has 0 saturated carbocycles. The van der Waals surface area contributed by atoms with Crippen LogP contribution in [0, 0.1) is 0 Å². The molecular weight excluding hydrogens is 309 g/mol. The van der Waals surface area contributed by atoms with Crippen LogP contribution in [0.1, 0.15) is 22.8 Å². The van der Waals surface area contributed by atoms with Gasteiger partial charge in [0, 0.05) is 12.0 Å². The summed E-state index contributed by atoms with van der Waals surface area (Å²) < 4.78 is 5.80. The summed E-state index contributed by atoms with van der Waals surface area (Å²) in [4.78, 5) is 11.2. The first-order valence-electron chi connectivity index (χ1n) is 6.47. The van der Waals surface area contributed by atoms with Gasteiger partial charge < -0.3 is 10.5 Å². The number of para-hydroxylation sites is 1. The van der Waals surface area contributed by atoms with Crippen molar-refractivity contribution in [3.63, 3.8) is 0 Å². The van der Waals surface area contributed by atoms with Crippen molar-refractivity contribution in [3.05, 3.63) is 63.6 Å². The van der Waals surface area contributed by atoms with Gasteiger partial charge in [0.1, 0.15) is 6.10 Å². The second-order valence-corrected chi connectivity index (χ2v) is 5.56. The van der Waals surface area contributed by atoms with Crippen LogP contribution in [0.2, 0.25) is 10.0 Å². The van der Waals surface area contributed by atoms with Gasteiger partial charge in [-0.1, -0.05) is 41.4 Å². The number of rotatable bonds is 5. The van der Waals surface area contributed by atoms with E-state index >= 15 is 0 Å². The Labute approximate surface area is 133 Å². The fourth-order valence-electron chi connectivity index (χ4n) is 2.02. The van der Waals surface area contributed by atoms with Gasteiger partial charge in [-0.3, -0.25) is 4.79 Å². The van der Waals surface area contributed by atoms with Gasteiger partial charge in [-0.2, -0.15) is 0 Å². The molecule has 0 aliphatic heterocycles. The third-order valence-corrected chi connectivity index (χ3v) is 3.57. The number of hydrogen-bond donors (Lipinski definition) is 1. The minimum Gasteiger partial charge on any atom is -0.487 e. The monoisotopic (exact) mass is 323 g/mol. The zero-order chi connectivity index (χ0) is 15.4. The average molecular weight is 324 g/mol. The second-order valence-electron chi connectivity index (χ2n) is 4.75. The number of carbonyl (C=O) groups excluding carboxylic acids is 1. The predicted octanol–water partition coefficient (Wildman–Crippen LogP) is 4.10. The highest BCUT2D eigenvalue weighted by Gasteiger charge is 2.12. The summed E-state index contributed by atoms with van der Waals surface area (Å²) in [5, 5.41) is 0.945.